The number of nitrogens with one attached hydrogen (secondary N) is 1. The highest BCUT2D eigenvalue weighted by Crippen LogP contribution is 2.39. The Hall–Kier alpha value is -0.810. The molecule has 3 heterocycles. The Morgan fingerprint density at radius 2 is 2.00 bits per heavy atom. The quantitative estimate of drug-likeness (QED) is 0.929. The van der Waals surface area contributed by atoms with Gasteiger partial charge in [-0.15, -0.1) is 12.4 Å². The van der Waals surface area contributed by atoms with Gasteiger partial charge in [0.05, 0.1) is 0 Å². The first-order valence-corrected chi connectivity index (χ1v) is 8.10. The highest BCUT2D eigenvalue weighted by Gasteiger charge is 2.34. The molecule has 1 spiro atoms. The lowest BCUT2D eigenvalue weighted by Crippen LogP contribution is -2.37. The van der Waals surface area contributed by atoms with Gasteiger partial charge in [0, 0.05) is 19.5 Å². The molecule has 6 heteroatoms. The van der Waals surface area contributed by atoms with Gasteiger partial charge in [-0.25, -0.2) is 0 Å². The van der Waals surface area contributed by atoms with Gasteiger partial charge >= 0.3 is 0 Å². The number of hydrogen-bond donors (Lipinski definition) is 1. The molecule has 0 atom stereocenters. The van der Waals surface area contributed by atoms with E-state index in [1.807, 2.05) is 0 Å². The molecule has 1 N–H and O–H groups in total. The molecular formula is C15H27ClN4O. The lowest BCUT2D eigenvalue weighted by atomic mass is 9.73. The summed E-state index contributed by atoms with van der Waals surface area (Å²) in [7, 11) is 0. The molecule has 1 aromatic rings. The summed E-state index contributed by atoms with van der Waals surface area (Å²) in [4.78, 5) is 6.85. The second-order valence-electron chi connectivity index (χ2n) is 6.33. The Kier molecular flexibility index (Phi) is 5.88. The molecule has 2 saturated heterocycles. The lowest BCUT2D eigenvalue weighted by molar-refractivity contribution is 0.178. The van der Waals surface area contributed by atoms with E-state index in [9.17, 15) is 0 Å². The van der Waals surface area contributed by atoms with Gasteiger partial charge in [0.1, 0.15) is 0 Å². The number of piperidine rings is 1. The van der Waals surface area contributed by atoms with Crippen molar-refractivity contribution in [1.82, 2.24) is 15.5 Å². The summed E-state index contributed by atoms with van der Waals surface area (Å²) in [5.41, 5.74) is 0.565. The van der Waals surface area contributed by atoms with E-state index in [1.165, 1.54) is 45.2 Å². The second-order valence-corrected chi connectivity index (χ2v) is 6.33. The first-order valence-electron chi connectivity index (χ1n) is 8.10. The van der Waals surface area contributed by atoms with Crippen LogP contribution < -0.4 is 10.2 Å². The molecule has 0 saturated carbocycles. The maximum atomic E-state index is 5.32. The zero-order valence-corrected chi connectivity index (χ0v) is 13.8. The number of aryl methyl sites for hydroxylation is 1. The average Bonchev–Trinajstić information content (AvgIpc) is 2.84. The summed E-state index contributed by atoms with van der Waals surface area (Å²) in [6, 6.07) is 0. The molecular weight excluding hydrogens is 288 g/mol. The van der Waals surface area contributed by atoms with Gasteiger partial charge in [-0.05, 0) is 62.2 Å². The molecule has 0 aliphatic carbocycles. The molecule has 120 valence electrons. The number of anilines is 1. The lowest BCUT2D eigenvalue weighted by Gasteiger charge is -2.36. The van der Waals surface area contributed by atoms with Gasteiger partial charge in [-0.2, -0.15) is 4.98 Å². The number of hydrogen-bond acceptors (Lipinski definition) is 5. The van der Waals surface area contributed by atoms with Crippen LogP contribution in [-0.2, 0) is 6.42 Å². The molecule has 0 unspecified atom stereocenters. The molecule has 0 radical (unpaired) electrons. The summed E-state index contributed by atoms with van der Waals surface area (Å²) in [5, 5.41) is 7.64. The SMILES string of the molecule is CCCc1nc(N2CCCC3(CCNCC3)CC2)no1.Cl. The van der Waals surface area contributed by atoms with E-state index in [0.29, 0.717) is 5.41 Å². The number of halogens is 1. The normalized spacial score (nSPS) is 21.9. The summed E-state index contributed by atoms with van der Waals surface area (Å²) < 4.78 is 5.32. The highest BCUT2D eigenvalue weighted by atomic mass is 35.5. The molecule has 0 amide bonds. The topological polar surface area (TPSA) is 54.2 Å². The Morgan fingerprint density at radius 1 is 1.19 bits per heavy atom. The highest BCUT2D eigenvalue weighted by molar-refractivity contribution is 5.85. The van der Waals surface area contributed by atoms with Crippen molar-refractivity contribution in [3.8, 4) is 0 Å². The zero-order valence-electron chi connectivity index (χ0n) is 12.9. The van der Waals surface area contributed by atoms with Gasteiger partial charge in [-0.3, -0.25) is 0 Å². The van der Waals surface area contributed by atoms with E-state index >= 15 is 0 Å². The van der Waals surface area contributed by atoms with E-state index in [2.05, 4.69) is 27.3 Å². The third-order valence-electron chi connectivity index (χ3n) is 4.92. The van der Waals surface area contributed by atoms with Crippen LogP contribution in [0.25, 0.3) is 0 Å². The van der Waals surface area contributed by atoms with Crippen LogP contribution in [0.15, 0.2) is 4.52 Å². The standard InChI is InChI=1S/C15H26N4O.ClH/c1-2-4-13-17-14(18-20-13)19-11-3-5-15(8-12-19)6-9-16-10-7-15;/h16H,2-12H2,1H3;1H. The number of nitrogens with zero attached hydrogens (tertiary/aromatic N) is 3. The van der Waals surface area contributed by atoms with Crippen LogP contribution in [0.4, 0.5) is 5.95 Å². The molecule has 0 bridgehead atoms. The van der Waals surface area contributed by atoms with Crippen LogP contribution in [-0.4, -0.2) is 36.3 Å². The monoisotopic (exact) mass is 314 g/mol. The van der Waals surface area contributed by atoms with Gasteiger partial charge in [-0.1, -0.05) is 6.92 Å². The first-order chi connectivity index (χ1) is 9.81. The Bertz CT molecular complexity index is 431. The number of rotatable bonds is 3. The molecule has 21 heavy (non-hydrogen) atoms. The third-order valence-corrected chi connectivity index (χ3v) is 4.92. The van der Waals surface area contributed by atoms with Crippen molar-refractivity contribution in [2.45, 2.75) is 51.9 Å². The number of aromatic nitrogens is 2. The summed E-state index contributed by atoms with van der Waals surface area (Å²) in [6.07, 6.45) is 8.46. The summed E-state index contributed by atoms with van der Waals surface area (Å²) >= 11 is 0. The van der Waals surface area contributed by atoms with Gasteiger partial charge in [0.25, 0.3) is 5.95 Å². The van der Waals surface area contributed by atoms with Crippen LogP contribution in [0.2, 0.25) is 0 Å². The fourth-order valence-corrected chi connectivity index (χ4v) is 3.60. The predicted octanol–water partition coefficient (Wildman–Crippen LogP) is 2.80. The zero-order chi connectivity index (χ0) is 13.8. The van der Waals surface area contributed by atoms with E-state index in [0.717, 1.165) is 37.8 Å². The van der Waals surface area contributed by atoms with Crippen molar-refractivity contribution in [3.05, 3.63) is 5.89 Å². The van der Waals surface area contributed by atoms with E-state index in [-0.39, 0.29) is 12.4 Å². The predicted molar refractivity (Wildman–Crippen MR) is 86.1 cm³/mol. The Morgan fingerprint density at radius 3 is 2.76 bits per heavy atom. The van der Waals surface area contributed by atoms with Crippen LogP contribution >= 0.6 is 12.4 Å². The molecule has 1 aromatic heterocycles. The first kappa shape index (κ1) is 16.6. The maximum Gasteiger partial charge on any atom is 0.266 e. The fraction of sp³-hybridized carbons (Fsp3) is 0.867. The van der Waals surface area contributed by atoms with Crippen molar-refractivity contribution >= 4 is 18.4 Å². The van der Waals surface area contributed by atoms with Gasteiger partial charge in [0.15, 0.2) is 0 Å². The van der Waals surface area contributed by atoms with Crippen molar-refractivity contribution in [2.75, 3.05) is 31.1 Å². The minimum atomic E-state index is 0. The van der Waals surface area contributed by atoms with Crippen LogP contribution in [0.1, 0.15) is 51.3 Å². The minimum Gasteiger partial charge on any atom is -0.338 e. The van der Waals surface area contributed by atoms with E-state index < -0.39 is 0 Å². The van der Waals surface area contributed by atoms with Crippen molar-refractivity contribution in [3.63, 3.8) is 0 Å². The third kappa shape index (κ3) is 3.89. The molecule has 2 aliphatic heterocycles. The Labute approximate surface area is 133 Å². The molecule has 5 nitrogen and oxygen atoms in total. The van der Waals surface area contributed by atoms with Gasteiger partial charge in [0.2, 0.25) is 5.89 Å². The molecule has 3 rings (SSSR count). The van der Waals surface area contributed by atoms with Crippen molar-refractivity contribution in [1.29, 1.82) is 0 Å². The smallest absolute Gasteiger partial charge is 0.266 e. The summed E-state index contributed by atoms with van der Waals surface area (Å²) in [6.45, 7) is 6.65. The van der Waals surface area contributed by atoms with E-state index in [1.54, 1.807) is 0 Å². The summed E-state index contributed by atoms with van der Waals surface area (Å²) in [5.74, 6) is 1.59. The molecule has 2 fully saturated rings. The van der Waals surface area contributed by atoms with Crippen molar-refractivity contribution < 1.29 is 4.52 Å². The molecule has 2 aliphatic rings. The van der Waals surface area contributed by atoms with Crippen LogP contribution in [0, 0.1) is 5.41 Å². The second kappa shape index (κ2) is 7.45. The van der Waals surface area contributed by atoms with Gasteiger partial charge < -0.3 is 14.7 Å². The van der Waals surface area contributed by atoms with Crippen LogP contribution in [0.5, 0.6) is 0 Å². The van der Waals surface area contributed by atoms with Crippen molar-refractivity contribution in [2.24, 2.45) is 5.41 Å². The average molecular weight is 315 g/mol. The molecule has 0 aromatic carbocycles. The van der Waals surface area contributed by atoms with Crippen LogP contribution in [0.3, 0.4) is 0 Å². The van der Waals surface area contributed by atoms with E-state index in [4.69, 9.17) is 4.52 Å². The minimum absolute atomic E-state index is 0. The largest absolute Gasteiger partial charge is 0.338 e. The fourth-order valence-electron chi connectivity index (χ4n) is 3.60. The Balaban J connectivity index is 0.00000161. The maximum absolute atomic E-state index is 5.32.